The molecule has 0 aliphatic carbocycles. The first-order valence-corrected chi connectivity index (χ1v) is 8.70. The molecule has 1 saturated heterocycles. The summed E-state index contributed by atoms with van der Waals surface area (Å²) in [6.45, 7) is 3.93. The second kappa shape index (κ2) is 6.32. The molecule has 0 bridgehead atoms. The number of piperidine rings is 1. The van der Waals surface area contributed by atoms with Gasteiger partial charge in [-0.1, -0.05) is 6.92 Å². The van der Waals surface area contributed by atoms with Crippen LogP contribution in [-0.4, -0.2) is 50.4 Å². The monoisotopic (exact) mass is 344 g/mol. The number of carboxylic acid groups (broad SMARTS) is 1. The molecule has 1 fully saturated rings. The Balaban J connectivity index is 2.28. The largest absolute Gasteiger partial charge is 0.481 e. The number of amides is 1. The number of hydrogen-bond donors (Lipinski definition) is 2. The normalized spacial score (nSPS) is 22.1. The molecule has 2 N–H and O–H groups in total. The van der Waals surface area contributed by atoms with Gasteiger partial charge < -0.3 is 14.4 Å². The van der Waals surface area contributed by atoms with Crippen molar-refractivity contribution in [2.75, 3.05) is 20.1 Å². The molecule has 2 heterocycles. The van der Waals surface area contributed by atoms with E-state index in [-0.39, 0.29) is 28.9 Å². The van der Waals surface area contributed by atoms with E-state index < -0.39 is 27.8 Å². The highest BCUT2D eigenvalue weighted by molar-refractivity contribution is 7.89. The minimum Gasteiger partial charge on any atom is -0.481 e. The van der Waals surface area contributed by atoms with Crippen LogP contribution in [0.25, 0.3) is 0 Å². The second-order valence-corrected chi connectivity index (χ2v) is 7.65. The van der Waals surface area contributed by atoms with Crippen molar-refractivity contribution in [3.63, 3.8) is 0 Å². The van der Waals surface area contributed by atoms with Gasteiger partial charge in [0.25, 0.3) is 15.9 Å². The van der Waals surface area contributed by atoms with Crippen LogP contribution in [0.2, 0.25) is 0 Å². The summed E-state index contributed by atoms with van der Waals surface area (Å²) >= 11 is 0. The van der Waals surface area contributed by atoms with Crippen LogP contribution in [-0.2, 0) is 14.8 Å². The summed E-state index contributed by atoms with van der Waals surface area (Å²) in [6.07, 6.45) is 0.517. The Hall–Kier alpha value is -1.87. The maximum absolute atomic E-state index is 12.6. The Morgan fingerprint density at radius 3 is 2.61 bits per heavy atom. The quantitative estimate of drug-likeness (QED) is 0.829. The molecule has 128 valence electrons. The van der Waals surface area contributed by atoms with Crippen molar-refractivity contribution in [3.8, 4) is 0 Å². The van der Waals surface area contributed by atoms with Crippen LogP contribution in [0.5, 0.6) is 0 Å². The predicted octanol–water partition coefficient (Wildman–Crippen LogP) is 0.679. The van der Waals surface area contributed by atoms with E-state index in [2.05, 4.69) is 4.72 Å². The minimum absolute atomic E-state index is 0.0570. The lowest BCUT2D eigenvalue weighted by Crippen LogP contribution is -2.45. The summed E-state index contributed by atoms with van der Waals surface area (Å²) in [6, 6.07) is 1.18. The van der Waals surface area contributed by atoms with Crippen molar-refractivity contribution < 1.29 is 27.5 Å². The lowest BCUT2D eigenvalue weighted by Gasteiger charge is -2.34. The second-order valence-electron chi connectivity index (χ2n) is 5.83. The Bertz CT molecular complexity index is 724. The molecule has 2 unspecified atom stereocenters. The maximum Gasteiger partial charge on any atom is 0.308 e. The fourth-order valence-corrected chi connectivity index (χ4v) is 3.48. The number of sulfonamides is 1. The third-order valence-corrected chi connectivity index (χ3v) is 5.22. The van der Waals surface area contributed by atoms with E-state index in [4.69, 9.17) is 4.42 Å². The van der Waals surface area contributed by atoms with Gasteiger partial charge in [0.05, 0.1) is 11.5 Å². The van der Waals surface area contributed by atoms with E-state index in [9.17, 15) is 23.1 Å². The highest BCUT2D eigenvalue weighted by Gasteiger charge is 2.34. The summed E-state index contributed by atoms with van der Waals surface area (Å²) in [5.74, 6) is -1.72. The number of likely N-dealkylation sites (tertiary alicyclic amines) is 1. The van der Waals surface area contributed by atoms with Gasteiger partial charge in [-0.15, -0.1) is 0 Å². The molecule has 1 amide bonds. The first-order chi connectivity index (χ1) is 10.7. The summed E-state index contributed by atoms with van der Waals surface area (Å²) in [4.78, 5) is 25.3. The Morgan fingerprint density at radius 1 is 1.39 bits per heavy atom. The molecule has 1 aromatic heterocycles. The van der Waals surface area contributed by atoms with Crippen LogP contribution in [0, 0.1) is 18.8 Å². The summed E-state index contributed by atoms with van der Waals surface area (Å²) in [7, 11) is -2.53. The van der Waals surface area contributed by atoms with Crippen LogP contribution in [0.4, 0.5) is 0 Å². The van der Waals surface area contributed by atoms with Gasteiger partial charge in [0, 0.05) is 19.2 Å². The zero-order valence-corrected chi connectivity index (χ0v) is 14.0. The maximum atomic E-state index is 12.6. The standard InChI is InChI=1S/C14H20N2O6S/c1-8-4-10(14(18)19)7-16(6-8)13(17)11-5-12(22-9(11)2)23(20,21)15-3/h5,8,10,15H,4,6-7H2,1-3H3,(H,18,19). The fraction of sp³-hybridized carbons (Fsp3) is 0.571. The minimum atomic E-state index is -3.78. The molecular weight excluding hydrogens is 324 g/mol. The van der Waals surface area contributed by atoms with Crippen molar-refractivity contribution >= 4 is 21.9 Å². The van der Waals surface area contributed by atoms with E-state index in [1.165, 1.54) is 24.9 Å². The number of carbonyl (C=O) groups excluding carboxylic acids is 1. The molecule has 2 rings (SSSR count). The number of carbonyl (C=O) groups is 2. The van der Waals surface area contributed by atoms with Gasteiger partial charge >= 0.3 is 5.97 Å². The van der Waals surface area contributed by atoms with Gasteiger partial charge in [0.2, 0.25) is 5.09 Å². The molecule has 23 heavy (non-hydrogen) atoms. The number of carboxylic acids is 1. The van der Waals surface area contributed by atoms with Crippen molar-refractivity contribution in [2.45, 2.75) is 25.4 Å². The van der Waals surface area contributed by atoms with Gasteiger partial charge in [-0.05, 0) is 26.3 Å². The molecule has 0 saturated carbocycles. The molecule has 1 aliphatic rings. The number of aryl methyl sites for hydroxylation is 1. The van der Waals surface area contributed by atoms with Crippen LogP contribution in [0.1, 0.15) is 29.5 Å². The predicted molar refractivity (Wildman–Crippen MR) is 80.5 cm³/mol. The highest BCUT2D eigenvalue weighted by atomic mass is 32.2. The molecule has 9 heteroatoms. The van der Waals surface area contributed by atoms with Crippen molar-refractivity contribution in [2.24, 2.45) is 11.8 Å². The van der Waals surface area contributed by atoms with E-state index in [0.717, 1.165) is 0 Å². The van der Waals surface area contributed by atoms with Crippen LogP contribution >= 0.6 is 0 Å². The smallest absolute Gasteiger partial charge is 0.308 e. The molecule has 1 aliphatic heterocycles. The van der Waals surface area contributed by atoms with Crippen molar-refractivity contribution in [1.82, 2.24) is 9.62 Å². The SMILES string of the molecule is CNS(=O)(=O)c1cc(C(=O)N2CC(C)CC(C(=O)O)C2)c(C)o1. The summed E-state index contributed by atoms with van der Waals surface area (Å²) in [5, 5.41) is 8.85. The van der Waals surface area contributed by atoms with Crippen LogP contribution in [0.15, 0.2) is 15.6 Å². The Kier molecular flexibility index (Phi) is 4.81. The number of furan rings is 1. The van der Waals surface area contributed by atoms with Gasteiger partial charge in [0.1, 0.15) is 5.76 Å². The van der Waals surface area contributed by atoms with E-state index in [1.807, 2.05) is 6.92 Å². The van der Waals surface area contributed by atoms with Gasteiger partial charge in [-0.25, -0.2) is 13.1 Å². The van der Waals surface area contributed by atoms with E-state index in [0.29, 0.717) is 13.0 Å². The lowest BCUT2D eigenvalue weighted by atomic mass is 9.90. The third-order valence-electron chi connectivity index (χ3n) is 3.96. The average Bonchev–Trinajstić information content (AvgIpc) is 2.88. The zero-order chi connectivity index (χ0) is 17.4. The number of nitrogens with zero attached hydrogens (tertiary/aromatic N) is 1. The molecule has 2 atom stereocenters. The average molecular weight is 344 g/mol. The van der Waals surface area contributed by atoms with Crippen LogP contribution in [0.3, 0.4) is 0 Å². The van der Waals surface area contributed by atoms with Crippen molar-refractivity contribution in [1.29, 1.82) is 0 Å². The number of nitrogens with one attached hydrogen (secondary N) is 1. The summed E-state index contributed by atoms with van der Waals surface area (Å²) < 4.78 is 30.8. The molecule has 0 radical (unpaired) electrons. The molecular formula is C14H20N2O6S. The lowest BCUT2D eigenvalue weighted by molar-refractivity contribution is -0.143. The number of hydrogen-bond acceptors (Lipinski definition) is 5. The molecule has 0 aromatic carbocycles. The third kappa shape index (κ3) is 3.56. The summed E-state index contributed by atoms with van der Waals surface area (Å²) in [5.41, 5.74) is 0.136. The fourth-order valence-electron chi connectivity index (χ4n) is 2.77. The number of aliphatic carboxylic acids is 1. The topological polar surface area (TPSA) is 117 Å². The molecule has 1 aromatic rings. The molecule has 0 spiro atoms. The van der Waals surface area contributed by atoms with E-state index >= 15 is 0 Å². The Morgan fingerprint density at radius 2 is 2.04 bits per heavy atom. The van der Waals surface area contributed by atoms with Gasteiger partial charge in [0.15, 0.2) is 0 Å². The van der Waals surface area contributed by atoms with Crippen molar-refractivity contribution in [3.05, 3.63) is 17.4 Å². The first kappa shape index (κ1) is 17.5. The zero-order valence-electron chi connectivity index (χ0n) is 13.2. The first-order valence-electron chi connectivity index (χ1n) is 7.21. The van der Waals surface area contributed by atoms with Crippen LogP contribution < -0.4 is 4.72 Å². The van der Waals surface area contributed by atoms with E-state index in [1.54, 1.807) is 0 Å². The molecule has 8 nitrogen and oxygen atoms in total. The van der Waals surface area contributed by atoms with Gasteiger partial charge in [-0.2, -0.15) is 0 Å². The van der Waals surface area contributed by atoms with Gasteiger partial charge in [-0.3, -0.25) is 9.59 Å². The Labute approximate surface area is 134 Å². The number of rotatable bonds is 4. The highest BCUT2D eigenvalue weighted by Crippen LogP contribution is 2.26.